The highest BCUT2D eigenvalue weighted by Gasteiger charge is 2.04. The van der Waals surface area contributed by atoms with Crippen LogP contribution in [0.15, 0.2) is 30.5 Å². The molecule has 68 valence electrons. The topological polar surface area (TPSA) is 39.2 Å². The predicted molar refractivity (Wildman–Crippen MR) is 49.7 cm³/mol. The summed E-state index contributed by atoms with van der Waals surface area (Å²) in [6.07, 6.45) is 3.37. The summed E-state index contributed by atoms with van der Waals surface area (Å²) in [5.41, 5.74) is 0.667. The number of esters is 1. The lowest BCUT2D eigenvalue weighted by Gasteiger charge is -2.04. The molecule has 0 unspecified atom stereocenters. The highest BCUT2D eigenvalue weighted by atomic mass is 16.5. The summed E-state index contributed by atoms with van der Waals surface area (Å²) in [5.74, 6) is 0.159. The zero-order valence-electron chi connectivity index (χ0n) is 7.65. The molecule has 0 aliphatic rings. The van der Waals surface area contributed by atoms with Gasteiger partial charge < -0.3 is 4.74 Å². The molecule has 0 aliphatic carbocycles. The summed E-state index contributed by atoms with van der Waals surface area (Å²) < 4.78 is 4.95. The molecule has 0 atom stereocenters. The maximum Gasteiger partial charge on any atom is 0.308 e. The van der Waals surface area contributed by atoms with Crippen LogP contribution in [0.25, 0.3) is 5.76 Å². The van der Waals surface area contributed by atoms with E-state index in [0.717, 1.165) is 0 Å². The lowest BCUT2D eigenvalue weighted by Crippen LogP contribution is -1.99. The average Bonchev–Trinajstić information content (AvgIpc) is 2.15. The van der Waals surface area contributed by atoms with Gasteiger partial charge in [-0.05, 0) is 25.1 Å². The van der Waals surface area contributed by atoms with E-state index in [1.165, 1.54) is 6.92 Å². The van der Waals surface area contributed by atoms with Gasteiger partial charge in [0.25, 0.3) is 0 Å². The minimum absolute atomic E-state index is 0.334. The van der Waals surface area contributed by atoms with Crippen LogP contribution in [0.2, 0.25) is 0 Å². The fourth-order valence-electron chi connectivity index (χ4n) is 0.922. The van der Waals surface area contributed by atoms with Gasteiger partial charge in [0, 0.05) is 13.1 Å². The molecule has 13 heavy (non-hydrogen) atoms. The Morgan fingerprint density at radius 1 is 1.54 bits per heavy atom. The van der Waals surface area contributed by atoms with Gasteiger partial charge in [0.15, 0.2) is 5.76 Å². The quantitative estimate of drug-likeness (QED) is 0.512. The normalized spacial score (nSPS) is 11.1. The Morgan fingerprint density at radius 2 is 2.31 bits per heavy atom. The maximum absolute atomic E-state index is 10.7. The van der Waals surface area contributed by atoms with Gasteiger partial charge in [-0.3, -0.25) is 9.78 Å². The molecule has 0 spiro atoms. The Bertz CT molecular complexity index is 317. The largest absolute Gasteiger partial charge is 0.425 e. The SMILES string of the molecule is C/C=C(/OC(C)=O)c1ccccn1. The van der Waals surface area contributed by atoms with Crippen molar-refractivity contribution in [1.82, 2.24) is 4.98 Å². The molecule has 0 aliphatic heterocycles. The third-order valence-corrected chi connectivity index (χ3v) is 1.43. The number of aromatic nitrogens is 1. The number of pyridine rings is 1. The Hall–Kier alpha value is -1.64. The second-order valence-corrected chi connectivity index (χ2v) is 2.46. The van der Waals surface area contributed by atoms with Crippen LogP contribution in [-0.4, -0.2) is 11.0 Å². The van der Waals surface area contributed by atoms with Crippen LogP contribution in [0.5, 0.6) is 0 Å². The third kappa shape index (κ3) is 2.71. The van der Waals surface area contributed by atoms with E-state index in [1.807, 2.05) is 12.1 Å². The summed E-state index contributed by atoms with van der Waals surface area (Å²) >= 11 is 0. The Labute approximate surface area is 77.1 Å². The van der Waals surface area contributed by atoms with E-state index in [2.05, 4.69) is 4.98 Å². The van der Waals surface area contributed by atoms with Crippen molar-refractivity contribution < 1.29 is 9.53 Å². The Morgan fingerprint density at radius 3 is 2.77 bits per heavy atom. The summed E-state index contributed by atoms with van der Waals surface area (Å²) in [6.45, 7) is 3.17. The highest BCUT2D eigenvalue weighted by Crippen LogP contribution is 2.12. The smallest absolute Gasteiger partial charge is 0.308 e. The van der Waals surface area contributed by atoms with E-state index in [4.69, 9.17) is 4.74 Å². The summed E-state index contributed by atoms with van der Waals surface area (Å²) in [4.78, 5) is 14.8. The molecule has 0 amide bonds. The van der Waals surface area contributed by atoms with E-state index < -0.39 is 0 Å². The standard InChI is InChI=1S/C10H11NO2/c1-3-10(13-8(2)12)9-6-4-5-7-11-9/h3-7H,1-2H3/b10-3+. The predicted octanol–water partition coefficient (Wildman–Crippen LogP) is 2.01. The van der Waals surface area contributed by atoms with Gasteiger partial charge in [-0.1, -0.05) is 6.07 Å². The third-order valence-electron chi connectivity index (χ3n) is 1.43. The second kappa shape index (κ2) is 4.40. The van der Waals surface area contributed by atoms with Crippen LogP contribution < -0.4 is 0 Å². The van der Waals surface area contributed by atoms with E-state index in [9.17, 15) is 4.79 Å². The first-order chi connectivity index (χ1) is 6.24. The van der Waals surface area contributed by atoms with E-state index in [1.54, 1.807) is 25.3 Å². The zero-order valence-corrected chi connectivity index (χ0v) is 7.65. The lowest BCUT2D eigenvalue weighted by molar-refractivity contribution is -0.134. The van der Waals surface area contributed by atoms with Crippen molar-refractivity contribution in [3.63, 3.8) is 0 Å². The number of carbonyl (C=O) groups is 1. The minimum atomic E-state index is -0.334. The number of rotatable bonds is 2. The molecular formula is C10H11NO2. The molecule has 0 radical (unpaired) electrons. The number of allylic oxidation sites excluding steroid dienone is 1. The second-order valence-electron chi connectivity index (χ2n) is 2.46. The molecule has 0 aromatic carbocycles. The molecular weight excluding hydrogens is 166 g/mol. The van der Waals surface area contributed by atoms with Crippen LogP contribution in [0, 0.1) is 0 Å². The first kappa shape index (κ1) is 9.45. The fraction of sp³-hybridized carbons (Fsp3) is 0.200. The van der Waals surface area contributed by atoms with Crippen LogP contribution in [0.1, 0.15) is 19.5 Å². The molecule has 1 heterocycles. The van der Waals surface area contributed by atoms with Crippen molar-refractivity contribution >= 4 is 11.7 Å². The molecule has 0 saturated heterocycles. The molecule has 0 N–H and O–H groups in total. The van der Waals surface area contributed by atoms with Crippen LogP contribution in [0.4, 0.5) is 0 Å². The molecule has 1 rings (SSSR count). The molecule has 1 aromatic rings. The minimum Gasteiger partial charge on any atom is -0.425 e. The summed E-state index contributed by atoms with van der Waals surface area (Å²) in [7, 11) is 0. The Balaban J connectivity index is 2.86. The van der Waals surface area contributed by atoms with Gasteiger partial charge in [0.2, 0.25) is 0 Å². The van der Waals surface area contributed by atoms with Crippen molar-refractivity contribution in [2.45, 2.75) is 13.8 Å². The molecule has 0 fully saturated rings. The van der Waals surface area contributed by atoms with Gasteiger partial charge >= 0.3 is 5.97 Å². The van der Waals surface area contributed by atoms with Crippen LogP contribution >= 0.6 is 0 Å². The van der Waals surface area contributed by atoms with Crippen molar-refractivity contribution in [1.29, 1.82) is 0 Å². The van der Waals surface area contributed by atoms with Crippen molar-refractivity contribution in [2.75, 3.05) is 0 Å². The number of carbonyl (C=O) groups excluding carboxylic acids is 1. The first-order valence-corrected chi connectivity index (χ1v) is 4.00. The van der Waals surface area contributed by atoms with E-state index in [0.29, 0.717) is 11.5 Å². The molecule has 0 saturated carbocycles. The monoisotopic (exact) mass is 177 g/mol. The van der Waals surface area contributed by atoms with Crippen LogP contribution in [0.3, 0.4) is 0 Å². The van der Waals surface area contributed by atoms with Gasteiger partial charge in [0.1, 0.15) is 5.69 Å². The number of hydrogen-bond donors (Lipinski definition) is 0. The van der Waals surface area contributed by atoms with Crippen LogP contribution in [-0.2, 0) is 9.53 Å². The van der Waals surface area contributed by atoms with Gasteiger partial charge in [-0.15, -0.1) is 0 Å². The van der Waals surface area contributed by atoms with Gasteiger partial charge in [0.05, 0.1) is 0 Å². The Kier molecular flexibility index (Phi) is 3.20. The average molecular weight is 177 g/mol. The van der Waals surface area contributed by atoms with E-state index >= 15 is 0 Å². The summed E-state index contributed by atoms with van der Waals surface area (Å²) in [5, 5.41) is 0. The first-order valence-electron chi connectivity index (χ1n) is 4.00. The van der Waals surface area contributed by atoms with Crippen molar-refractivity contribution in [3.05, 3.63) is 36.2 Å². The molecule has 1 aromatic heterocycles. The zero-order chi connectivity index (χ0) is 9.68. The number of ether oxygens (including phenoxy) is 1. The van der Waals surface area contributed by atoms with Crippen molar-refractivity contribution in [3.8, 4) is 0 Å². The fourth-order valence-corrected chi connectivity index (χ4v) is 0.922. The molecule has 3 heteroatoms. The lowest BCUT2D eigenvalue weighted by atomic mass is 10.3. The molecule has 3 nitrogen and oxygen atoms in total. The number of hydrogen-bond acceptors (Lipinski definition) is 3. The van der Waals surface area contributed by atoms with E-state index in [-0.39, 0.29) is 5.97 Å². The maximum atomic E-state index is 10.7. The van der Waals surface area contributed by atoms with Crippen molar-refractivity contribution in [2.24, 2.45) is 0 Å². The van der Waals surface area contributed by atoms with Gasteiger partial charge in [-0.25, -0.2) is 0 Å². The van der Waals surface area contributed by atoms with Gasteiger partial charge in [-0.2, -0.15) is 0 Å². The summed E-state index contributed by atoms with van der Waals surface area (Å²) in [6, 6.07) is 5.44. The highest BCUT2D eigenvalue weighted by molar-refractivity contribution is 5.75. The molecule has 0 bridgehead atoms. The number of nitrogens with zero attached hydrogens (tertiary/aromatic N) is 1.